The molecule has 1 aromatic carbocycles. The van der Waals surface area contributed by atoms with Crippen molar-refractivity contribution in [1.29, 1.82) is 0 Å². The van der Waals surface area contributed by atoms with Gasteiger partial charge in [0.05, 0.1) is 6.61 Å². The monoisotopic (exact) mass is 289 g/mol. The second kappa shape index (κ2) is 5.99. The van der Waals surface area contributed by atoms with E-state index in [1.54, 1.807) is 11.5 Å². The fraction of sp³-hybridized carbons (Fsp3) is 0.375. The molecule has 0 saturated carbocycles. The second-order valence-corrected chi connectivity index (χ2v) is 4.99. The molecule has 0 aliphatic rings. The molecule has 0 bridgehead atoms. The molecule has 0 atom stereocenters. The van der Waals surface area contributed by atoms with Gasteiger partial charge in [-0.15, -0.1) is 0 Å². The summed E-state index contributed by atoms with van der Waals surface area (Å²) in [5.74, 6) is -0.226. The number of hydrogen-bond donors (Lipinski definition) is 1. The predicted molar refractivity (Wildman–Crippen MR) is 80.1 cm³/mol. The van der Waals surface area contributed by atoms with Crippen molar-refractivity contribution in [3.05, 3.63) is 29.5 Å². The highest BCUT2D eigenvalue weighted by Gasteiger charge is 2.20. The van der Waals surface area contributed by atoms with Crippen molar-refractivity contribution in [2.24, 2.45) is 0 Å². The fourth-order valence-electron chi connectivity index (χ4n) is 2.54. The van der Waals surface area contributed by atoms with Crippen molar-refractivity contribution < 1.29 is 19.4 Å². The topological polar surface area (TPSA) is 68.5 Å². The van der Waals surface area contributed by atoms with Crippen molar-refractivity contribution in [3.63, 3.8) is 0 Å². The van der Waals surface area contributed by atoms with Gasteiger partial charge in [-0.2, -0.15) is 0 Å². The van der Waals surface area contributed by atoms with Crippen LogP contribution in [-0.2, 0) is 11.3 Å². The lowest BCUT2D eigenvalue weighted by molar-refractivity contribution is -0.117. The van der Waals surface area contributed by atoms with Gasteiger partial charge in [0.2, 0.25) is 0 Å². The van der Waals surface area contributed by atoms with E-state index in [2.05, 4.69) is 0 Å². The van der Waals surface area contributed by atoms with E-state index in [4.69, 9.17) is 4.74 Å². The number of ketones is 1. The molecule has 5 nitrogen and oxygen atoms in total. The van der Waals surface area contributed by atoms with E-state index in [1.165, 1.54) is 6.92 Å². The van der Waals surface area contributed by atoms with Gasteiger partial charge in [0, 0.05) is 23.9 Å². The summed E-state index contributed by atoms with van der Waals surface area (Å²) in [5.41, 5.74) is 1.75. The molecule has 0 radical (unpaired) electrons. The summed E-state index contributed by atoms with van der Waals surface area (Å²) in [6, 6.07) is 5.52. The van der Waals surface area contributed by atoms with E-state index in [0.29, 0.717) is 30.9 Å². The maximum absolute atomic E-state index is 11.5. The van der Waals surface area contributed by atoms with Crippen LogP contribution >= 0.6 is 0 Å². The van der Waals surface area contributed by atoms with E-state index in [1.807, 2.05) is 25.1 Å². The molecular formula is C16H19NO4. The first-order valence-corrected chi connectivity index (χ1v) is 6.94. The Morgan fingerprint density at radius 2 is 2.05 bits per heavy atom. The number of hydrogen-bond acceptors (Lipinski definition) is 3. The van der Waals surface area contributed by atoms with E-state index in [9.17, 15) is 14.7 Å². The number of aromatic carboxylic acids is 1. The Kier molecular flexibility index (Phi) is 4.31. The zero-order valence-corrected chi connectivity index (χ0v) is 12.5. The van der Waals surface area contributed by atoms with Gasteiger partial charge in [-0.1, -0.05) is 0 Å². The molecular weight excluding hydrogens is 270 g/mol. The number of carbonyl (C=O) groups excluding carboxylic acids is 1. The second-order valence-electron chi connectivity index (χ2n) is 4.99. The minimum atomic E-state index is -0.981. The Labute approximate surface area is 123 Å². The molecule has 2 aromatic rings. The number of fused-ring (bicyclic) bond motifs is 1. The van der Waals surface area contributed by atoms with Gasteiger partial charge in [-0.05, 0) is 44.5 Å². The first-order valence-electron chi connectivity index (χ1n) is 6.94. The lowest BCUT2D eigenvalue weighted by Gasteiger charge is -2.08. The number of aromatic nitrogens is 1. The molecule has 0 unspecified atom stereocenters. The average molecular weight is 289 g/mol. The van der Waals surface area contributed by atoms with Crippen molar-refractivity contribution in [1.82, 2.24) is 4.57 Å². The highest BCUT2D eigenvalue weighted by molar-refractivity contribution is 5.98. The maximum Gasteiger partial charge on any atom is 0.352 e. The van der Waals surface area contributed by atoms with Crippen molar-refractivity contribution in [2.75, 3.05) is 6.61 Å². The number of ether oxygens (including phenoxy) is 1. The van der Waals surface area contributed by atoms with Crippen molar-refractivity contribution in [3.8, 4) is 5.75 Å². The van der Waals surface area contributed by atoms with Crippen LogP contribution in [0.1, 0.15) is 36.3 Å². The van der Waals surface area contributed by atoms with Crippen LogP contribution in [0.3, 0.4) is 0 Å². The normalized spacial score (nSPS) is 10.8. The van der Waals surface area contributed by atoms with E-state index < -0.39 is 5.97 Å². The summed E-state index contributed by atoms with van der Waals surface area (Å²) in [6.45, 7) is 6.12. The summed E-state index contributed by atoms with van der Waals surface area (Å²) in [7, 11) is 0. The molecule has 0 amide bonds. The molecule has 1 N–H and O–H groups in total. The van der Waals surface area contributed by atoms with Crippen LogP contribution in [0.2, 0.25) is 0 Å². The molecule has 21 heavy (non-hydrogen) atoms. The molecule has 0 aliphatic heterocycles. The van der Waals surface area contributed by atoms with Crippen LogP contribution in [0, 0.1) is 6.92 Å². The third kappa shape index (κ3) is 2.91. The van der Waals surface area contributed by atoms with E-state index in [0.717, 1.165) is 10.9 Å². The van der Waals surface area contributed by atoms with Crippen LogP contribution in [0.25, 0.3) is 10.9 Å². The van der Waals surface area contributed by atoms with Crippen LogP contribution < -0.4 is 4.74 Å². The van der Waals surface area contributed by atoms with Crippen LogP contribution in [0.15, 0.2) is 18.2 Å². The average Bonchev–Trinajstić information content (AvgIpc) is 2.69. The Hall–Kier alpha value is -2.30. The number of Topliss-reactive ketones (excluding diaryl/α,β-unsaturated/α-hetero) is 1. The highest BCUT2D eigenvalue weighted by Crippen LogP contribution is 2.29. The Balaban J connectivity index is 2.60. The third-order valence-electron chi connectivity index (χ3n) is 3.49. The standard InChI is InChI=1S/C16H19NO4/c1-4-21-12-5-6-14-13(9-12)11(3)15(16(19)20)17(14)8-7-10(2)18/h5-6,9H,4,7-8H2,1-3H3,(H,19,20). The van der Waals surface area contributed by atoms with Gasteiger partial charge in [-0.3, -0.25) is 4.79 Å². The van der Waals surface area contributed by atoms with Crippen molar-refractivity contribution >= 4 is 22.7 Å². The third-order valence-corrected chi connectivity index (χ3v) is 3.49. The molecule has 0 aliphatic carbocycles. The first kappa shape index (κ1) is 15.1. The molecule has 0 saturated heterocycles. The summed E-state index contributed by atoms with van der Waals surface area (Å²) < 4.78 is 7.16. The zero-order chi connectivity index (χ0) is 15.6. The van der Waals surface area contributed by atoms with E-state index >= 15 is 0 Å². The number of carbonyl (C=O) groups is 2. The fourth-order valence-corrected chi connectivity index (χ4v) is 2.54. The lowest BCUT2D eigenvalue weighted by atomic mass is 10.1. The van der Waals surface area contributed by atoms with Crippen LogP contribution in [-0.4, -0.2) is 28.0 Å². The Bertz CT molecular complexity index is 700. The summed E-state index contributed by atoms with van der Waals surface area (Å²) >= 11 is 0. The molecule has 5 heteroatoms. The minimum Gasteiger partial charge on any atom is -0.494 e. The maximum atomic E-state index is 11.5. The predicted octanol–water partition coefficient (Wildman–Crippen LogP) is 3.03. The lowest BCUT2D eigenvalue weighted by Crippen LogP contribution is -2.11. The van der Waals surface area contributed by atoms with Gasteiger partial charge in [-0.25, -0.2) is 4.79 Å². The van der Waals surface area contributed by atoms with Gasteiger partial charge in [0.15, 0.2) is 0 Å². The molecule has 1 heterocycles. The number of carboxylic acids is 1. The van der Waals surface area contributed by atoms with Gasteiger partial charge >= 0.3 is 5.97 Å². The summed E-state index contributed by atoms with van der Waals surface area (Å²) in [5, 5.41) is 10.3. The smallest absolute Gasteiger partial charge is 0.352 e. The molecule has 0 spiro atoms. The molecule has 0 fully saturated rings. The zero-order valence-electron chi connectivity index (χ0n) is 12.5. The van der Waals surface area contributed by atoms with Crippen LogP contribution in [0.5, 0.6) is 5.75 Å². The summed E-state index contributed by atoms with van der Waals surface area (Å²) in [4.78, 5) is 22.7. The van der Waals surface area contributed by atoms with Gasteiger partial charge in [0.1, 0.15) is 17.2 Å². The quantitative estimate of drug-likeness (QED) is 0.887. The number of carboxylic acid groups (broad SMARTS) is 1. The summed E-state index contributed by atoms with van der Waals surface area (Å²) in [6.07, 6.45) is 0.316. The largest absolute Gasteiger partial charge is 0.494 e. The number of rotatable bonds is 6. The number of nitrogens with zero attached hydrogens (tertiary/aromatic N) is 1. The first-order chi connectivity index (χ1) is 9.95. The molecule has 1 aromatic heterocycles. The Morgan fingerprint density at radius 3 is 2.62 bits per heavy atom. The van der Waals surface area contributed by atoms with Gasteiger partial charge < -0.3 is 14.4 Å². The molecule has 112 valence electrons. The molecule has 2 rings (SSSR count). The number of benzene rings is 1. The van der Waals surface area contributed by atoms with E-state index in [-0.39, 0.29) is 11.5 Å². The van der Waals surface area contributed by atoms with Gasteiger partial charge in [0.25, 0.3) is 0 Å². The SMILES string of the molecule is CCOc1ccc2c(c1)c(C)c(C(=O)O)n2CCC(C)=O. The number of aryl methyl sites for hydroxylation is 2. The Morgan fingerprint density at radius 1 is 1.33 bits per heavy atom. The highest BCUT2D eigenvalue weighted by atomic mass is 16.5. The minimum absolute atomic E-state index is 0.0387. The van der Waals surface area contributed by atoms with Crippen molar-refractivity contribution in [2.45, 2.75) is 33.7 Å². The van der Waals surface area contributed by atoms with Crippen LogP contribution in [0.4, 0.5) is 0 Å².